The highest BCUT2D eigenvalue weighted by atomic mass is 19.1. The fourth-order valence-corrected chi connectivity index (χ4v) is 2.37. The maximum absolute atomic E-state index is 13.6. The van der Waals surface area contributed by atoms with E-state index < -0.39 is 17.2 Å². The molecule has 0 radical (unpaired) electrons. The zero-order valence-corrected chi connectivity index (χ0v) is 13.5. The Balaban J connectivity index is 1.49. The molecule has 1 fully saturated rings. The van der Waals surface area contributed by atoms with Gasteiger partial charge in [-0.3, -0.25) is 0 Å². The van der Waals surface area contributed by atoms with Crippen molar-refractivity contribution in [1.82, 2.24) is 0 Å². The van der Waals surface area contributed by atoms with Crippen LogP contribution in [0.4, 0.5) is 8.78 Å². The van der Waals surface area contributed by atoms with Gasteiger partial charge in [-0.05, 0) is 48.2 Å². The number of rotatable bonds is 8. The van der Waals surface area contributed by atoms with Gasteiger partial charge in [0.15, 0.2) is 6.79 Å². The van der Waals surface area contributed by atoms with E-state index in [4.69, 9.17) is 19.5 Å². The van der Waals surface area contributed by atoms with Crippen LogP contribution in [0.25, 0.3) is 0 Å². The highest BCUT2D eigenvalue weighted by molar-refractivity contribution is 5.35. The Morgan fingerprint density at radius 1 is 1.08 bits per heavy atom. The molecule has 130 valence electrons. The molecular formula is C19H17F2NO3. The van der Waals surface area contributed by atoms with E-state index in [0.717, 1.165) is 12.2 Å². The molecule has 4 nitrogen and oxygen atoms in total. The lowest BCUT2D eigenvalue weighted by molar-refractivity contribution is 0.00820. The average Bonchev–Trinajstić information content (AvgIpc) is 3.42. The first-order valence-electron chi connectivity index (χ1n) is 7.95. The van der Waals surface area contributed by atoms with Gasteiger partial charge in [0.05, 0.1) is 13.2 Å². The van der Waals surface area contributed by atoms with Gasteiger partial charge in [0, 0.05) is 0 Å². The Kier molecular flexibility index (Phi) is 5.59. The number of hydrogen-bond donors (Lipinski definition) is 0. The van der Waals surface area contributed by atoms with E-state index in [0.29, 0.717) is 30.8 Å². The Bertz CT molecular complexity index is 744. The summed E-state index contributed by atoms with van der Waals surface area (Å²) in [6.45, 7) is 1.46. The predicted molar refractivity (Wildman–Crippen MR) is 86.1 cm³/mol. The third kappa shape index (κ3) is 4.99. The summed E-state index contributed by atoms with van der Waals surface area (Å²) in [6.07, 6.45) is 1.31. The zero-order chi connectivity index (χ0) is 17.6. The van der Waals surface area contributed by atoms with Crippen LogP contribution in [0.3, 0.4) is 0 Å². The highest BCUT2D eigenvalue weighted by Gasteiger charge is 2.22. The highest BCUT2D eigenvalue weighted by Crippen LogP contribution is 2.18. The molecule has 2 aromatic carbocycles. The number of nitriles is 1. The SMILES string of the molecule is N#Cc1c(F)cc(CCc2ccc(OCOCC3CO3)cc2)cc1F. The monoisotopic (exact) mass is 345 g/mol. The molecule has 0 N–H and O–H groups in total. The maximum Gasteiger partial charge on any atom is 0.189 e. The van der Waals surface area contributed by atoms with Crippen molar-refractivity contribution < 1.29 is 23.0 Å². The van der Waals surface area contributed by atoms with Crippen LogP contribution in [-0.4, -0.2) is 26.1 Å². The van der Waals surface area contributed by atoms with Gasteiger partial charge in [0.2, 0.25) is 0 Å². The summed E-state index contributed by atoms with van der Waals surface area (Å²) >= 11 is 0. The lowest BCUT2D eigenvalue weighted by Crippen LogP contribution is -2.07. The molecular weight excluding hydrogens is 328 g/mol. The molecule has 2 aromatic rings. The second-order valence-corrected chi connectivity index (χ2v) is 5.78. The van der Waals surface area contributed by atoms with E-state index in [-0.39, 0.29) is 12.9 Å². The Labute approximate surface area is 144 Å². The molecule has 1 heterocycles. The number of nitrogens with zero attached hydrogens (tertiary/aromatic N) is 1. The minimum atomic E-state index is -0.821. The van der Waals surface area contributed by atoms with Gasteiger partial charge in [-0.2, -0.15) is 5.26 Å². The molecule has 0 spiro atoms. The van der Waals surface area contributed by atoms with Crippen LogP contribution < -0.4 is 4.74 Å². The Morgan fingerprint density at radius 3 is 2.32 bits per heavy atom. The van der Waals surface area contributed by atoms with Crippen LogP contribution in [-0.2, 0) is 22.3 Å². The molecule has 1 unspecified atom stereocenters. The van der Waals surface area contributed by atoms with Gasteiger partial charge in [-0.15, -0.1) is 0 Å². The van der Waals surface area contributed by atoms with E-state index in [1.54, 1.807) is 0 Å². The van der Waals surface area contributed by atoms with Crippen molar-refractivity contribution in [1.29, 1.82) is 5.26 Å². The van der Waals surface area contributed by atoms with Gasteiger partial charge in [0.25, 0.3) is 0 Å². The summed E-state index contributed by atoms with van der Waals surface area (Å²) in [7, 11) is 0. The van der Waals surface area contributed by atoms with Crippen molar-refractivity contribution in [2.24, 2.45) is 0 Å². The van der Waals surface area contributed by atoms with Crippen molar-refractivity contribution in [2.45, 2.75) is 18.9 Å². The van der Waals surface area contributed by atoms with Crippen LogP contribution in [0, 0.1) is 23.0 Å². The minimum Gasteiger partial charge on any atom is -0.468 e. The number of ether oxygens (including phenoxy) is 3. The van der Waals surface area contributed by atoms with E-state index in [9.17, 15) is 8.78 Å². The minimum absolute atomic E-state index is 0.170. The van der Waals surface area contributed by atoms with E-state index in [1.807, 2.05) is 24.3 Å². The van der Waals surface area contributed by atoms with Gasteiger partial charge in [-0.25, -0.2) is 8.78 Å². The number of epoxide rings is 1. The van der Waals surface area contributed by atoms with Crippen molar-refractivity contribution in [2.75, 3.05) is 20.0 Å². The largest absolute Gasteiger partial charge is 0.468 e. The van der Waals surface area contributed by atoms with Gasteiger partial charge in [0.1, 0.15) is 35.1 Å². The summed E-state index contributed by atoms with van der Waals surface area (Å²) in [6, 6.07) is 11.4. The number of hydrogen-bond acceptors (Lipinski definition) is 4. The van der Waals surface area contributed by atoms with E-state index >= 15 is 0 Å². The molecule has 0 saturated carbocycles. The smallest absolute Gasteiger partial charge is 0.189 e. The molecule has 0 bridgehead atoms. The second kappa shape index (κ2) is 8.06. The van der Waals surface area contributed by atoms with Crippen molar-refractivity contribution in [3.63, 3.8) is 0 Å². The first kappa shape index (κ1) is 17.3. The number of aryl methyl sites for hydroxylation is 2. The normalized spacial score (nSPS) is 15.6. The summed E-state index contributed by atoms with van der Waals surface area (Å²) < 4.78 is 43.0. The standard InChI is InChI=1S/C19H17F2NO3/c20-18-7-14(8-19(21)17(18)9-22)2-1-13-3-5-15(6-4-13)25-12-23-10-16-11-24-16/h3-8,16H,1-2,10-12H2. The first-order chi connectivity index (χ1) is 12.2. The molecule has 6 heteroatoms. The molecule has 0 amide bonds. The maximum atomic E-state index is 13.6. The van der Waals surface area contributed by atoms with Crippen LogP contribution in [0.5, 0.6) is 5.75 Å². The van der Waals surface area contributed by atoms with Gasteiger partial charge < -0.3 is 14.2 Å². The predicted octanol–water partition coefficient (Wildman–Crippen LogP) is 3.37. The summed E-state index contributed by atoms with van der Waals surface area (Å²) in [5.41, 5.74) is 0.996. The summed E-state index contributed by atoms with van der Waals surface area (Å²) in [4.78, 5) is 0. The van der Waals surface area contributed by atoms with Crippen LogP contribution >= 0.6 is 0 Å². The van der Waals surface area contributed by atoms with Crippen molar-refractivity contribution in [3.05, 3.63) is 64.7 Å². The van der Waals surface area contributed by atoms with E-state index in [2.05, 4.69) is 0 Å². The number of benzene rings is 2. The van der Waals surface area contributed by atoms with Crippen molar-refractivity contribution in [3.8, 4) is 11.8 Å². The van der Waals surface area contributed by atoms with E-state index in [1.165, 1.54) is 18.2 Å². The Morgan fingerprint density at radius 2 is 1.72 bits per heavy atom. The van der Waals surface area contributed by atoms with Crippen LogP contribution in [0.1, 0.15) is 16.7 Å². The molecule has 1 aliphatic heterocycles. The molecule has 1 saturated heterocycles. The molecule has 1 atom stereocenters. The number of halogens is 2. The summed E-state index contributed by atoms with van der Waals surface area (Å²) in [5.74, 6) is -0.952. The third-order valence-corrected chi connectivity index (χ3v) is 3.85. The summed E-state index contributed by atoms with van der Waals surface area (Å²) in [5, 5.41) is 8.67. The van der Waals surface area contributed by atoms with Crippen LogP contribution in [0.2, 0.25) is 0 Å². The zero-order valence-electron chi connectivity index (χ0n) is 13.5. The van der Waals surface area contributed by atoms with Gasteiger partial charge >= 0.3 is 0 Å². The fraction of sp³-hybridized carbons (Fsp3) is 0.316. The van der Waals surface area contributed by atoms with Crippen LogP contribution in [0.15, 0.2) is 36.4 Å². The fourth-order valence-electron chi connectivity index (χ4n) is 2.37. The lowest BCUT2D eigenvalue weighted by atomic mass is 10.0. The molecule has 3 rings (SSSR count). The Hall–Kier alpha value is -2.49. The van der Waals surface area contributed by atoms with Crippen molar-refractivity contribution >= 4 is 0 Å². The molecule has 25 heavy (non-hydrogen) atoms. The molecule has 0 aliphatic carbocycles. The lowest BCUT2D eigenvalue weighted by Gasteiger charge is -2.08. The third-order valence-electron chi connectivity index (χ3n) is 3.85. The second-order valence-electron chi connectivity index (χ2n) is 5.78. The molecule has 0 aromatic heterocycles. The molecule has 1 aliphatic rings. The first-order valence-corrected chi connectivity index (χ1v) is 7.95. The van der Waals surface area contributed by atoms with Gasteiger partial charge in [-0.1, -0.05) is 12.1 Å². The quantitative estimate of drug-likeness (QED) is 0.418. The average molecular weight is 345 g/mol. The topological polar surface area (TPSA) is 54.8 Å².